The molecular weight excluding hydrogens is 336 g/mol. The van der Waals surface area contributed by atoms with Gasteiger partial charge in [0.05, 0.1) is 10.7 Å². The first-order valence-corrected chi connectivity index (χ1v) is 8.03. The molecular formula is C16H15ClN2O3S. The maximum atomic E-state index is 11.7. The van der Waals surface area contributed by atoms with Gasteiger partial charge in [-0.15, -0.1) is 11.3 Å². The van der Waals surface area contributed by atoms with Crippen LogP contribution in [0.5, 0.6) is 0 Å². The minimum Gasteiger partial charge on any atom is -0.452 e. The molecule has 1 aromatic carbocycles. The Morgan fingerprint density at radius 3 is 2.83 bits per heavy atom. The zero-order chi connectivity index (χ0) is 16.8. The lowest BCUT2D eigenvalue weighted by Gasteiger charge is -2.06. The van der Waals surface area contributed by atoms with Crippen LogP contribution >= 0.6 is 22.9 Å². The number of benzene rings is 1. The summed E-state index contributed by atoms with van der Waals surface area (Å²) in [6.45, 7) is 3.37. The summed E-state index contributed by atoms with van der Waals surface area (Å²) in [7, 11) is 0. The zero-order valence-corrected chi connectivity index (χ0v) is 14.2. The Morgan fingerprint density at radius 1 is 1.39 bits per heavy atom. The molecule has 2 rings (SSSR count). The lowest BCUT2D eigenvalue weighted by molar-refractivity contribution is -0.142. The standard InChI is InChI=1S/C16H15ClN2O3S/c1-10-3-4-12(7-14(10)17)19-15(20)8-22-16(21)6-5-13-9-23-11(2)18-13/h3-7,9H,8H2,1-2H3,(H,19,20)/b6-5+. The molecule has 0 atom stereocenters. The number of rotatable bonds is 5. The first-order chi connectivity index (χ1) is 10.9. The molecule has 0 unspecified atom stereocenters. The molecule has 0 radical (unpaired) electrons. The van der Waals surface area contributed by atoms with Crippen LogP contribution in [0.15, 0.2) is 29.7 Å². The van der Waals surface area contributed by atoms with Crippen molar-refractivity contribution in [1.29, 1.82) is 0 Å². The predicted molar refractivity (Wildman–Crippen MR) is 91.7 cm³/mol. The topological polar surface area (TPSA) is 68.3 Å². The average molecular weight is 351 g/mol. The number of halogens is 1. The molecule has 1 N–H and O–H groups in total. The Morgan fingerprint density at radius 2 is 2.17 bits per heavy atom. The second kappa shape index (κ2) is 7.89. The summed E-state index contributed by atoms with van der Waals surface area (Å²) in [6.07, 6.45) is 2.79. The third-order valence-electron chi connectivity index (χ3n) is 2.83. The van der Waals surface area contributed by atoms with Crippen LogP contribution in [0.1, 0.15) is 16.3 Å². The van der Waals surface area contributed by atoms with Gasteiger partial charge in [0.25, 0.3) is 5.91 Å². The SMILES string of the molecule is Cc1nc(/C=C/C(=O)OCC(=O)Nc2ccc(C)c(Cl)c2)cs1. The Balaban J connectivity index is 1.80. The number of hydrogen-bond donors (Lipinski definition) is 1. The molecule has 0 aliphatic heterocycles. The number of nitrogens with zero attached hydrogens (tertiary/aromatic N) is 1. The summed E-state index contributed by atoms with van der Waals surface area (Å²) in [5.41, 5.74) is 2.15. The van der Waals surface area contributed by atoms with Crippen molar-refractivity contribution >= 4 is 46.6 Å². The third-order valence-corrected chi connectivity index (χ3v) is 4.03. The summed E-state index contributed by atoms with van der Waals surface area (Å²) in [5, 5.41) is 5.90. The quantitative estimate of drug-likeness (QED) is 0.660. The predicted octanol–water partition coefficient (Wildman–Crippen LogP) is 3.61. The molecule has 0 aliphatic carbocycles. The highest BCUT2D eigenvalue weighted by atomic mass is 35.5. The van der Waals surface area contributed by atoms with Gasteiger partial charge in [-0.2, -0.15) is 0 Å². The van der Waals surface area contributed by atoms with Gasteiger partial charge in [0.15, 0.2) is 6.61 Å². The normalized spacial score (nSPS) is 10.7. The average Bonchev–Trinajstić information content (AvgIpc) is 2.92. The van der Waals surface area contributed by atoms with Crippen molar-refractivity contribution in [2.24, 2.45) is 0 Å². The summed E-state index contributed by atoms with van der Waals surface area (Å²) < 4.78 is 4.86. The van der Waals surface area contributed by atoms with Crippen LogP contribution in [0.3, 0.4) is 0 Å². The molecule has 1 heterocycles. The molecule has 0 saturated heterocycles. The van der Waals surface area contributed by atoms with Crippen LogP contribution < -0.4 is 5.32 Å². The number of aromatic nitrogens is 1. The number of aryl methyl sites for hydroxylation is 2. The van der Waals surface area contributed by atoms with Gasteiger partial charge in [0.1, 0.15) is 0 Å². The van der Waals surface area contributed by atoms with Crippen molar-refractivity contribution in [3.63, 3.8) is 0 Å². The molecule has 0 bridgehead atoms. The van der Waals surface area contributed by atoms with E-state index in [1.165, 1.54) is 17.4 Å². The maximum absolute atomic E-state index is 11.7. The van der Waals surface area contributed by atoms with Crippen molar-refractivity contribution in [1.82, 2.24) is 4.98 Å². The first kappa shape index (κ1) is 17.2. The number of amides is 1. The second-order valence-electron chi connectivity index (χ2n) is 4.74. The number of ether oxygens (including phenoxy) is 1. The number of carbonyl (C=O) groups is 2. The van der Waals surface area contributed by atoms with E-state index in [0.717, 1.165) is 10.6 Å². The van der Waals surface area contributed by atoms with E-state index in [1.54, 1.807) is 24.3 Å². The Labute approximate surface area is 143 Å². The number of esters is 1. The Kier molecular flexibility index (Phi) is 5.90. The fourth-order valence-electron chi connectivity index (χ4n) is 1.66. The van der Waals surface area contributed by atoms with E-state index in [1.807, 2.05) is 19.2 Å². The molecule has 23 heavy (non-hydrogen) atoms. The highest BCUT2D eigenvalue weighted by molar-refractivity contribution is 7.09. The van der Waals surface area contributed by atoms with Gasteiger partial charge in [-0.05, 0) is 37.6 Å². The van der Waals surface area contributed by atoms with Crippen molar-refractivity contribution < 1.29 is 14.3 Å². The van der Waals surface area contributed by atoms with E-state index < -0.39 is 11.9 Å². The maximum Gasteiger partial charge on any atom is 0.331 e. The van der Waals surface area contributed by atoms with Gasteiger partial charge in [0.2, 0.25) is 0 Å². The fourth-order valence-corrected chi connectivity index (χ4v) is 2.42. The van der Waals surface area contributed by atoms with Gasteiger partial charge in [-0.3, -0.25) is 4.79 Å². The number of carbonyl (C=O) groups excluding carboxylic acids is 2. The monoisotopic (exact) mass is 350 g/mol. The van der Waals surface area contributed by atoms with Crippen LogP contribution in [-0.4, -0.2) is 23.5 Å². The Bertz CT molecular complexity index is 756. The van der Waals surface area contributed by atoms with Gasteiger partial charge in [0, 0.05) is 22.2 Å². The van der Waals surface area contributed by atoms with E-state index in [2.05, 4.69) is 10.3 Å². The smallest absolute Gasteiger partial charge is 0.331 e. The number of anilines is 1. The van der Waals surface area contributed by atoms with Crippen molar-refractivity contribution in [3.8, 4) is 0 Å². The molecule has 5 nitrogen and oxygen atoms in total. The minimum atomic E-state index is -0.604. The first-order valence-electron chi connectivity index (χ1n) is 6.77. The highest BCUT2D eigenvalue weighted by Crippen LogP contribution is 2.19. The third kappa shape index (κ3) is 5.50. The molecule has 1 aromatic heterocycles. The van der Waals surface area contributed by atoms with Crippen LogP contribution in [0.4, 0.5) is 5.69 Å². The minimum absolute atomic E-state index is 0.370. The lowest BCUT2D eigenvalue weighted by Crippen LogP contribution is -2.20. The van der Waals surface area contributed by atoms with Crippen molar-refractivity contribution in [2.45, 2.75) is 13.8 Å². The number of nitrogens with one attached hydrogen (secondary N) is 1. The van der Waals surface area contributed by atoms with E-state index in [4.69, 9.17) is 16.3 Å². The molecule has 120 valence electrons. The number of thiazole rings is 1. The Hall–Kier alpha value is -2.18. The zero-order valence-electron chi connectivity index (χ0n) is 12.6. The molecule has 0 saturated carbocycles. The lowest BCUT2D eigenvalue weighted by atomic mass is 10.2. The summed E-state index contributed by atoms with van der Waals surface area (Å²) in [5.74, 6) is -1.04. The van der Waals surface area contributed by atoms with Crippen molar-refractivity contribution in [2.75, 3.05) is 11.9 Å². The van der Waals surface area contributed by atoms with Gasteiger partial charge >= 0.3 is 5.97 Å². The van der Waals surface area contributed by atoms with E-state index in [-0.39, 0.29) is 6.61 Å². The van der Waals surface area contributed by atoms with Crippen molar-refractivity contribution in [3.05, 3.63) is 50.9 Å². The molecule has 7 heteroatoms. The van der Waals surface area contributed by atoms with Gasteiger partial charge in [-0.25, -0.2) is 9.78 Å². The fraction of sp³-hybridized carbons (Fsp3) is 0.188. The summed E-state index contributed by atoms with van der Waals surface area (Å²) >= 11 is 7.46. The molecule has 2 aromatic rings. The largest absolute Gasteiger partial charge is 0.452 e. The highest BCUT2D eigenvalue weighted by Gasteiger charge is 2.07. The van der Waals surface area contributed by atoms with Gasteiger partial charge in [-0.1, -0.05) is 17.7 Å². The van der Waals surface area contributed by atoms with Crippen LogP contribution in [-0.2, 0) is 14.3 Å². The van der Waals surface area contributed by atoms with E-state index >= 15 is 0 Å². The molecule has 1 amide bonds. The van der Waals surface area contributed by atoms with Crippen LogP contribution in [0, 0.1) is 13.8 Å². The molecule has 0 fully saturated rings. The number of hydrogen-bond acceptors (Lipinski definition) is 5. The molecule has 0 spiro atoms. The molecule has 0 aliphatic rings. The van der Waals surface area contributed by atoms with E-state index in [0.29, 0.717) is 16.4 Å². The summed E-state index contributed by atoms with van der Waals surface area (Å²) in [6, 6.07) is 5.16. The van der Waals surface area contributed by atoms with Crippen LogP contribution in [0.2, 0.25) is 5.02 Å². The van der Waals surface area contributed by atoms with E-state index in [9.17, 15) is 9.59 Å². The van der Waals surface area contributed by atoms with Gasteiger partial charge < -0.3 is 10.1 Å². The summed E-state index contributed by atoms with van der Waals surface area (Å²) in [4.78, 5) is 27.5. The second-order valence-corrected chi connectivity index (χ2v) is 6.21. The van der Waals surface area contributed by atoms with Crippen LogP contribution in [0.25, 0.3) is 6.08 Å².